The molecule has 18 heavy (non-hydrogen) atoms. The third kappa shape index (κ3) is 2.21. The Labute approximate surface area is 100 Å². The SMILES string of the molecule is CC1=C(O)C(=O)C(C(=O)NCC(=O)O)=C(O)C1=O. The Kier molecular flexibility index (Phi) is 3.50. The van der Waals surface area contributed by atoms with Crippen LogP contribution in [0.1, 0.15) is 6.92 Å². The van der Waals surface area contributed by atoms with Crippen molar-refractivity contribution in [1.29, 1.82) is 0 Å². The van der Waals surface area contributed by atoms with Gasteiger partial charge in [-0.05, 0) is 6.92 Å². The van der Waals surface area contributed by atoms with Crippen LogP contribution in [0, 0.1) is 0 Å². The number of allylic oxidation sites excluding steroid dienone is 2. The van der Waals surface area contributed by atoms with Gasteiger partial charge < -0.3 is 20.6 Å². The van der Waals surface area contributed by atoms with Gasteiger partial charge in [-0.1, -0.05) is 0 Å². The molecule has 96 valence electrons. The van der Waals surface area contributed by atoms with Crippen LogP contribution in [0.15, 0.2) is 22.7 Å². The molecule has 0 saturated carbocycles. The minimum atomic E-state index is -1.37. The third-order valence-corrected chi connectivity index (χ3v) is 2.22. The number of carbonyl (C=O) groups excluding carboxylic acids is 3. The number of aliphatic hydroxyl groups is 2. The number of aliphatic hydroxyl groups excluding tert-OH is 2. The van der Waals surface area contributed by atoms with Gasteiger partial charge in [-0.15, -0.1) is 0 Å². The number of carboxylic acid groups (broad SMARTS) is 1. The Hall–Kier alpha value is -2.64. The lowest BCUT2D eigenvalue weighted by Crippen LogP contribution is -2.36. The summed E-state index contributed by atoms with van der Waals surface area (Å²) in [7, 11) is 0. The summed E-state index contributed by atoms with van der Waals surface area (Å²) in [5.74, 6) is -6.96. The van der Waals surface area contributed by atoms with E-state index in [1.165, 1.54) is 0 Å². The van der Waals surface area contributed by atoms with E-state index in [1.807, 2.05) is 0 Å². The minimum absolute atomic E-state index is 0.382. The van der Waals surface area contributed by atoms with E-state index in [-0.39, 0.29) is 5.57 Å². The fourth-order valence-electron chi connectivity index (χ4n) is 1.25. The average molecular weight is 255 g/mol. The summed E-state index contributed by atoms with van der Waals surface area (Å²) in [5.41, 5.74) is -1.35. The van der Waals surface area contributed by atoms with Crippen LogP contribution in [-0.4, -0.2) is 45.3 Å². The average Bonchev–Trinajstić information content (AvgIpc) is 2.31. The molecule has 0 saturated heterocycles. The van der Waals surface area contributed by atoms with Crippen LogP contribution in [0.3, 0.4) is 0 Å². The number of aliphatic carboxylic acids is 1. The van der Waals surface area contributed by atoms with Gasteiger partial charge in [-0.25, -0.2) is 0 Å². The first-order chi connectivity index (χ1) is 8.27. The van der Waals surface area contributed by atoms with Crippen molar-refractivity contribution in [2.24, 2.45) is 0 Å². The maximum atomic E-state index is 11.5. The summed E-state index contributed by atoms with van der Waals surface area (Å²) in [6.45, 7) is 0.318. The lowest BCUT2D eigenvalue weighted by Gasteiger charge is -2.14. The first kappa shape index (κ1) is 13.4. The van der Waals surface area contributed by atoms with Crippen LogP contribution in [0.5, 0.6) is 0 Å². The molecule has 1 rings (SSSR count). The van der Waals surface area contributed by atoms with Gasteiger partial charge in [0, 0.05) is 5.57 Å². The van der Waals surface area contributed by atoms with E-state index in [9.17, 15) is 29.4 Å². The molecule has 1 aliphatic rings. The van der Waals surface area contributed by atoms with Crippen LogP contribution >= 0.6 is 0 Å². The van der Waals surface area contributed by atoms with Crippen molar-refractivity contribution in [3.8, 4) is 0 Å². The van der Waals surface area contributed by atoms with Gasteiger partial charge in [-0.2, -0.15) is 0 Å². The first-order valence-corrected chi connectivity index (χ1v) is 4.69. The standard InChI is InChI=1S/C10H9NO7/c1-3-6(14)8(16)5(9(17)7(3)15)10(18)11-2-4(12)13/h14,17H,2H2,1H3,(H,11,18)(H,12,13). The van der Waals surface area contributed by atoms with E-state index in [2.05, 4.69) is 0 Å². The Morgan fingerprint density at radius 2 is 1.67 bits per heavy atom. The Morgan fingerprint density at radius 3 is 2.17 bits per heavy atom. The second-order valence-electron chi connectivity index (χ2n) is 3.43. The molecule has 0 aromatic carbocycles. The molecule has 8 nitrogen and oxygen atoms in total. The van der Waals surface area contributed by atoms with E-state index in [0.717, 1.165) is 6.92 Å². The molecule has 0 spiro atoms. The van der Waals surface area contributed by atoms with Crippen LogP contribution in [0.4, 0.5) is 0 Å². The zero-order valence-corrected chi connectivity index (χ0v) is 9.18. The fraction of sp³-hybridized carbons (Fsp3) is 0.200. The number of ketones is 2. The second kappa shape index (κ2) is 4.70. The number of nitrogens with one attached hydrogen (secondary N) is 1. The molecule has 0 aromatic rings. The Balaban J connectivity index is 3.08. The van der Waals surface area contributed by atoms with Crippen molar-refractivity contribution in [2.75, 3.05) is 6.54 Å². The van der Waals surface area contributed by atoms with E-state index < -0.39 is 47.1 Å². The number of amides is 1. The van der Waals surface area contributed by atoms with Gasteiger partial charge in [0.1, 0.15) is 12.1 Å². The highest BCUT2D eigenvalue weighted by atomic mass is 16.4. The molecule has 1 aliphatic carbocycles. The maximum Gasteiger partial charge on any atom is 0.322 e. The highest BCUT2D eigenvalue weighted by Gasteiger charge is 2.36. The molecular formula is C10H9NO7. The zero-order valence-electron chi connectivity index (χ0n) is 9.18. The first-order valence-electron chi connectivity index (χ1n) is 4.69. The summed E-state index contributed by atoms with van der Waals surface area (Å²) in [6.07, 6.45) is 0. The van der Waals surface area contributed by atoms with E-state index >= 15 is 0 Å². The molecule has 4 N–H and O–H groups in total. The predicted octanol–water partition coefficient (Wildman–Crippen LogP) is -1.02. The molecule has 8 heteroatoms. The Bertz CT molecular complexity index is 526. The lowest BCUT2D eigenvalue weighted by atomic mass is 9.94. The van der Waals surface area contributed by atoms with Gasteiger partial charge in [-0.3, -0.25) is 19.2 Å². The summed E-state index contributed by atoms with van der Waals surface area (Å²) in [5, 5.41) is 28.8. The predicted molar refractivity (Wildman–Crippen MR) is 55.6 cm³/mol. The van der Waals surface area contributed by atoms with Crippen LogP contribution in [-0.2, 0) is 19.2 Å². The zero-order chi connectivity index (χ0) is 14.0. The molecule has 1 amide bonds. The normalized spacial score (nSPS) is 16.1. The van der Waals surface area contributed by atoms with Gasteiger partial charge in [0.2, 0.25) is 11.6 Å². The molecule has 0 radical (unpaired) electrons. The highest BCUT2D eigenvalue weighted by molar-refractivity contribution is 6.33. The summed E-state index contributed by atoms with van der Waals surface area (Å²) in [6, 6.07) is 0. The number of carbonyl (C=O) groups is 4. The van der Waals surface area contributed by atoms with Crippen LogP contribution in [0.25, 0.3) is 0 Å². The molecule has 0 atom stereocenters. The summed E-state index contributed by atoms with van der Waals surface area (Å²) < 4.78 is 0. The van der Waals surface area contributed by atoms with Crippen molar-refractivity contribution in [2.45, 2.75) is 6.92 Å². The largest absolute Gasteiger partial charge is 0.504 e. The van der Waals surface area contributed by atoms with E-state index in [4.69, 9.17) is 5.11 Å². The lowest BCUT2D eigenvalue weighted by molar-refractivity contribution is -0.137. The monoisotopic (exact) mass is 255 g/mol. The molecule has 0 bridgehead atoms. The smallest absolute Gasteiger partial charge is 0.322 e. The number of carboxylic acids is 1. The van der Waals surface area contributed by atoms with E-state index in [0.29, 0.717) is 0 Å². The van der Waals surface area contributed by atoms with Gasteiger partial charge in [0.25, 0.3) is 5.91 Å². The topological polar surface area (TPSA) is 141 Å². The minimum Gasteiger partial charge on any atom is -0.504 e. The van der Waals surface area contributed by atoms with Crippen molar-refractivity contribution in [1.82, 2.24) is 5.32 Å². The van der Waals surface area contributed by atoms with Crippen LogP contribution < -0.4 is 5.32 Å². The third-order valence-electron chi connectivity index (χ3n) is 2.22. The summed E-state index contributed by atoms with van der Waals surface area (Å²) in [4.78, 5) is 44.5. The number of hydrogen-bond acceptors (Lipinski definition) is 6. The maximum absolute atomic E-state index is 11.5. The van der Waals surface area contributed by atoms with Crippen molar-refractivity contribution < 1.29 is 34.5 Å². The molecule has 0 aliphatic heterocycles. The van der Waals surface area contributed by atoms with E-state index in [1.54, 1.807) is 5.32 Å². The molecule has 0 unspecified atom stereocenters. The van der Waals surface area contributed by atoms with Crippen molar-refractivity contribution >= 4 is 23.4 Å². The van der Waals surface area contributed by atoms with Gasteiger partial charge >= 0.3 is 5.97 Å². The van der Waals surface area contributed by atoms with Gasteiger partial charge in [0.15, 0.2) is 11.5 Å². The van der Waals surface area contributed by atoms with Crippen molar-refractivity contribution in [3.05, 3.63) is 22.7 Å². The molecule has 0 heterocycles. The summed E-state index contributed by atoms with van der Waals surface area (Å²) >= 11 is 0. The number of rotatable bonds is 3. The number of hydrogen-bond donors (Lipinski definition) is 4. The van der Waals surface area contributed by atoms with Crippen molar-refractivity contribution in [3.63, 3.8) is 0 Å². The fourth-order valence-corrected chi connectivity index (χ4v) is 1.25. The second-order valence-corrected chi connectivity index (χ2v) is 3.43. The Morgan fingerprint density at radius 1 is 1.11 bits per heavy atom. The van der Waals surface area contributed by atoms with Crippen LogP contribution in [0.2, 0.25) is 0 Å². The molecule has 0 aromatic heterocycles. The van der Waals surface area contributed by atoms with Gasteiger partial charge in [0.05, 0.1) is 0 Å². The molecule has 0 fully saturated rings. The molecular weight excluding hydrogens is 246 g/mol. The number of Topliss-reactive ketones (excluding diaryl/α,β-unsaturated/α-hetero) is 2. The quantitative estimate of drug-likeness (QED) is 0.373. The highest BCUT2D eigenvalue weighted by Crippen LogP contribution is 2.21.